The minimum atomic E-state index is -0.360. The van der Waals surface area contributed by atoms with E-state index in [9.17, 15) is 4.79 Å². The maximum Gasteiger partial charge on any atom is 0.323 e. The summed E-state index contributed by atoms with van der Waals surface area (Å²) >= 11 is 5.97. The Bertz CT molecular complexity index is 880. The second-order valence-electron chi connectivity index (χ2n) is 5.78. The van der Waals surface area contributed by atoms with Gasteiger partial charge in [-0.05, 0) is 47.9 Å². The summed E-state index contributed by atoms with van der Waals surface area (Å²) < 4.78 is 5.22. The molecule has 0 fully saturated rings. The Balaban J connectivity index is 1.62. The molecule has 0 aliphatic carbocycles. The molecule has 0 aliphatic heterocycles. The molecule has 3 aromatic rings. The highest BCUT2D eigenvalue weighted by Gasteiger charge is 2.08. The first kappa shape index (κ1) is 17.8. The van der Waals surface area contributed by atoms with Gasteiger partial charge in [0.1, 0.15) is 5.75 Å². The van der Waals surface area contributed by atoms with Crippen molar-refractivity contribution in [2.24, 2.45) is 0 Å². The van der Waals surface area contributed by atoms with E-state index < -0.39 is 0 Å². The minimum absolute atomic E-state index is 0.360. The Labute approximate surface area is 157 Å². The maximum absolute atomic E-state index is 12.2. The highest BCUT2D eigenvalue weighted by atomic mass is 35.5. The number of hydrogen-bond acceptors (Lipinski definition) is 2. The third-order valence-electron chi connectivity index (χ3n) is 3.87. The van der Waals surface area contributed by atoms with Crippen LogP contribution in [-0.4, -0.2) is 13.1 Å². The van der Waals surface area contributed by atoms with E-state index in [1.807, 2.05) is 42.5 Å². The van der Waals surface area contributed by atoms with Gasteiger partial charge in [-0.25, -0.2) is 4.79 Å². The van der Waals surface area contributed by atoms with Crippen molar-refractivity contribution in [3.05, 3.63) is 88.9 Å². The average molecular weight is 367 g/mol. The predicted molar refractivity (Wildman–Crippen MR) is 106 cm³/mol. The number of benzene rings is 3. The number of amides is 2. The summed E-state index contributed by atoms with van der Waals surface area (Å²) in [5, 5.41) is 6.07. The van der Waals surface area contributed by atoms with Crippen molar-refractivity contribution >= 4 is 29.0 Å². The van der Waals surface area contributed by atoms with Crippen LogP contribution in [-0.2, 0) is 6.42 Å². The molecule has 0 saturated heterocycles. The monoisotopic (exact) mass is 366 g/mol. The van der Waals surface area contributed by atoms with Gasteiger partial charge in [-0.2, -0.15) is 0 Å². The van der Waals surface area contributed by atoms with Gasteiger partial charge in [0.2, 0.25) is 0 Å². The first-order valence-electron chi connectivity index (χ1n) is 8.18. The normalized spacial score (nSPS) is 10.2. The summed E-state index contributed by atoms with van der Waals surface area (Å²) in [4.78, 5) is 12.2. The Morgan fingerprint density at radius 3 is 2.31 bits per heavy atom. The smallest absolute Gasteiger partial charge is 0.323 e. The molecular weight excluding hydrogens is 348 g/mol. The van der Waals surface area contributed by atoms with E-state index in [0.29, 0.717) is 22.1 Å². The molecule has 2 amide bonds. The number of carbonyl (C=O) groups excluding carboxylic acids is 1. The summed E-state index contributed by atoms with van der Waals surface area (Å²) in [6.45, 7) is 0. The standard InChI is InChI=1S/C21H19ClN2O2/c1-26-20-12-9-17(22)14-19(20)24-21(25)23-18-10-7-16(8-11-18)13-15-5-3-2-4-6-15/h2-12,14H,13H2,1H3,(H2,23,24,25). The van der Waals surface area contributed by atoms with Gasteiger partial charge in [0.15, 0.2) is 0 Å². The van der Waals surface area contributed by atoms with Crippen LogP contribution in [0, 0.1) is 0 Å². The van der Waals surface area contributed by atoms with E-state index in [-0.39, 0.29) is 6.03 Å². The molecule has 0 saturated carbocycles. The van der Waals surface area contributed by atoms with Gasteiger partial charge in [-0.1, -0.05) is 54.1 Å². The van der Waals surface area contributed by atoms with Crippen LogP contribution in [0.15, 0.2) is 72.8 Å². The number of nitrogens with one attached hydrogen (secondary N) is 2. The molecule has 0 aromatic heterocycles. The second-order valence-corrected chi connectivity index (χ2v) is 6.22. The van der Waals surface area contributed by atoms with Crippen LogP contribution in [0.2, 0.25) is 5.02 Å². The number of anilines is 2. The highest BCUT2D eigenvalue weighted by molar-refractivity contribution is 6.31. The predicted octanol–water partition coefficient (Wildman–Crippen LogP) is 5.58. The van der Waals surface area contributed by atoms with Crippen LogP contribution in [0.4, 0.5) is 16.2 Å². The molecule has 0 spiro atoms. The van der Waals surface area contributed by atoms with Gasteiger partial charge in [-0.15, -0.1) is 0 Å². The molecule has 0 unspecified atom stereocenters. The Kier molecular flexibility index (Phi) is 5.77. The Hall–Kier alpha value is -2.98. The quantitative estimate of drug-likeness (QED) is 0.619. The van der Waals surface area contributed by atoms with Crippen molar-refractivity contribution in [3.63, 3.8) is 0 Å². The van der Waals surface area contributed by atoms with Gasteiger partial charge in [0, 0.05) is 10.7 Å². The number of ether oxygens (including phenoxy) is 1. The van der Waals surface area contributed by atoms with E-state index in [1.54, 1.807) is 18.2 Å². The molecule has 0 radical (unpaired) electrons. The minimum Gasteiger partial charge on any atom is -0.495 e. The fourth-order valence-electron chi connectivity index (χ4n) is 2.60. The lowest BCUT2D eigenvalue weighted by Crippen LogP contribution is -2.19. The van der Waals surface area contributed by atoms with Crippen LogP contribution in [0.3, 0.4) is 0 Å². The fourth-order valence-corrected chi connectivity index (χ4v) is 2.77. The molecule has 0 aliphatic rings. The largest absolute Gasteiger partial charge is 0.495 e. The average Bonchev–Trinajstić information content (AvgIpc) is 2.64. The highest BCUT2D eigenvalue weighted by Crippen LogP contribution is 2.27. The summed E-state index contributed by atoms with van der Waals surface area (Å²) in [5.41, 5.74) is 3.65. The molecular formula is C21H19ClN2O2. The Morgan fingerprint density at radius 2 is 1.62 bits per heavy atom. The van der Waals surface area contributed by atoms with Crippen LogP contribution in [0.25, 0.3) is 0 Å². The van der Waals surface area contributed by atoms with Crippen molar-refractivity contribution in [2.75, 3.05) is 17.7 Å². The number of methoxy groups -OCH3 is 1. The van der Waals surface area contributed by atoms with Crippen LogP contribution >= 0.6 is 11.6 Å². The topological polar surface area (TPSA) is 50.4 Å². The summed E-state index contributed by atoms with van der Waals surface area (Å²) in [6.07, 6.45) is 0.854. The number of urea groups is 1. The van der Waals surface area contributed by atoms with Gasteiger partial charge in [0.05, 0.1) is 12.8 Å². The molecule has 4 nitrogen and oxygen atoms in total. The number of rotatable bonds is 5. The van der Waals surface area contributed by atoms with Crippen molar-refractivity contribution in [3.8, 4) is 5.75 Å². The molecule has 3 aromatic carbocycles. The molecule has 0 bridgehead atoms. The molecule has 26 heavy (non-hydrogen) atoms. The van der Waals surface area contributed by atoms with Crippen molar-refractivity contribution in [1.82, 2.24) is 0 Å². The van der Waals surface area contributed by atoms with Gasteiger partial charge in [-0.3, -0.25) is 0 Å². The van der Waals surface area contributed by atoms with Crippen molar-refractivity contribution < 1.29 is 9.53 Å². The van der Waals surface area contributed by atoms with E-state index in [2.05, 4.69) is 22.8 Å². The van der Waals surface area contributed by atoms with E-state index in [1.165, 1.54) is 18.2 Å². The summed E-state index contributed by atoms with van der Waals surface area (Å²) in [6, 6.07) is 22.7. The van der Waals surface area contributed by atoms with Crippen LogP contribution < -0.4 is 15.4 Å². The molecule has 5 heteroatoms. The zero-order valence-corrected chi connectivity index (χ0v) is 15.1. The lowest BCUT2D eigenvalue weighted by Gasteiger charge is -2.12. The lowest BCUT2D eigenvalue weighted by molar-refractivity contribution is 0.262. The van der Waals surface area contributed by atoms with Crippen molar-refractivity contribution in [1.29, 1.82) is 0 Å². The lowest BCUT2D eigenvalue weighted by atomic mass is 10.0. The van der Waals surface area contributed by atoms with E-state index >= 15 is 0 Å². The molecule has 2 N–H and O–H groups in total. The number of halogens is 1. The van der Waals surface area contributed by atoms with E-state index in [4.69, 9.17) is 16.3 Å². The fraction of sp³-hybridized carbons (Fsp3) is 0.0952. The van der Waals surface area contributed by atoms with Crippen LogP contribution in [0.1, 0.15) is 11.1 Å². The van der Waals surface area contributed by atoms with Gasteiger partial charge in [0.25, 0.3) is 0 Å². The third-order valence-corrected chi connectivity index (χ3v) is 4.11. The Morgan fingerprint density at radius 1 is 0.923 bits per heavy atom. The zero-order valence-electron chi connectivity index (χ0n) is 14.3. The summed E-state index contributed by atoms with van der Waals surface area (Å²) in [7, 11) is 1.54. The first-order chi connectivity index (χ1) is 12.6. The first-order valence-corrected chi connectivity index (χ1v) is 8.56. The van der Waals surface area contributed by atoms with Gasteiger partial charge >= 0.3 is 6.03 Å². The summed E-state index contributed by atoms with van der Waals surface area (Å²) in [5.74, 6) is 0.544. The number of hydrogen-bond donors (Lipinski definition) is 2. The maximum atomic E-state index is 12.2. The molecule has 0 heterocycles. The van der Waals surface area contributed by atoms with Crippen molar-refractivity contribution in [2.45, 2.75) is 6.42 Å². The second kappa shape index (κ2) is 8.41. The van der Waals surface area contributed by atoms with Gasteiger partial charge < -0.3 is 15.4 Å². The molecule has 0 atom stereocenters. The molecule has 3 rings (SSSR count). The zero-order chi connectivity index (χ0) is 18.4. The number of carbonyl (C=O) groups is 1. The van der Waals surface area contributed by atoms with Crippen LogP contribution in [0.5, 0.6) is 5.75 Å². The third kappa shape index (κ3) is 4.77. The van der Waals surface area contributed by atoms with E-state index in [0.717, 1.165) is 6.42 Å². The SMILES string of the molecule is COc1ccc(Cl)cc1NC(=O)Nc1ccc(Cc2ccccc2)cc1. The molecule has 132 valence electrons.